The van der Waals surface area contributed by atoms with Gasteiger partial charge in [0, 0.05) is 19.4 Å². The highest BCUT2D eigenvalue weighted by Crippen LogP contribution is 2.33. The van der Waals surface area contributed by atoms with Crippen LogP contribution in [0.15, 0.2) is 22.6 Å². The van der Waals surface area contributed by atoms with Crippen LogP contribution in [0.2, 0.25) is 0 Å². The summed E-state index contributed by atoms with van der Waals surface area (Å²) in [6, 6.07) is 5.76. The van der Waals surface area contributed by atoms with Crippen molar-refractivity contribution >= 4 is 5.91 Å². The van der Waals surface area contributed by atoms with Crippen LogP contribution < -0.4 is 14.8 Å². The van der Waals surface area contributed by atoms with Crippen LogP contribution in [0.4, 0.5) is 0 Å². The number of ether oxygens (including phenoxy) is 2. The summed E-state index contributed by atoms with van der Waals surface area (Å²) >= 11 is 0. The molecule has 0 bridgehead atoms. The van der Waals surface area contributed by atoms with Crippen LogP contribution in [0.3, 0.4) is 0 Å². The zero-order valence-corrected chi connectivity index (χ0v) is 16.1. The molecule has 28 heavy (non-hydrogen) atoms. The molecule has 0 saturated heterocycles. The lowest BCUT2D eigenvalue weighted by Crippen LogP contribution is -2.25. The maximum Gasteiger partial charge on any atom is 0.231 e. The van der Waals surface area contributed by atoms with E-state index in [1.165, 1.54) is 32.1 Å². The van der Waals surface area contributed by atoms with E-state index in [0.717, 1.165) is 35.9 Å². The Balaban J connectivity index is 1.16. The van der Waals surface area contributed by atoms with Crippen LogP contribution in [-0.2, 0) is 17.6 Å². The minimum atomic E-state index is 0.0435. The summed E-state index contributed by atoms with van der Waals surface area (Å²) in [7, 11) is 0. The molecule has 1 amide bonds. The van der Waals surface area contributed by atoms with Gasteiger partial charge in [0.15, 0.2) is 11.5 Å². The Morgan fingerprint density at radius 3 is 2.82 bits per heavy atom. The van der Waals surface area contributed by atoms with Crippen molar-refractivity contribution in [3.63, 3.8) is 0 Å². The first-order chi connectivity index (χ1) is 13.8. The van der Waals surface area contributed by atoms with Crippen LogP contribution in [0.25, 0.3) is 0 Å². The van der Waals surface area contributed by atoms with Crippen molar-refractivity contribution in [2.24, 2.45) is 5.92 Å². The van der Waals surface area contributed by atoms with Gasteiger partial charge in [-0.2, -0.15) is 0 Å². The average molecular weight is 385 g/mol. The quantitative estimate of drug-likeness (QED) is 0.666. The molecule has 1 aromatic heterocycles. The summed E-state index contributed by atoms with van der Waals surface area (Å²) in [6.07, 6.45) is 9.12. The molecule has 0 spiro atoms. The molecule has 1 aromatic carbocycles. The van der Waals surface area contributed by atoms with Crippen LogP contribution >= 0.6 is 0 Å². The first kappa shape index (κ1) is 18.8. The molecule has 1 saturated carbocycles. The van der Waals surface area contributed by atoms with Gasteiger partial charge in [-0.3, -0.25) is 4.79 Å². The molecule has 1 aliphatic carbocycles. The topological polar surface area (TPSA) is 86.5 Å². The molecule has 7 nitrogen and oxygen atoms in total. The second-order valence-corrected chi connectivity index (χ2v) is 7.60. The first-order valence-electron chi connectivity index (χ1n) is 10.2. The fourth-order valence-corrected chi connectivity index (χ4v) is 3.91. The number of fused-ring (bicyclic) bond motifs is 1. The third-order valence-corrected chi connectivity index (χ3v) is 5.45. The highest BCUT2D eigenvalue weighted by molar-refractivity contribution is 5.75. The van der Waals surface area contributed by atoms with Gasteiger partial charge in [0.2, 0.25) is 24.5 Å². The number of hydrogen-bond acceptors (Lipinski definition) is 6. The number of rotatable bonds is 9. The summed E-state index contributed by atoms with van der Waals surface area (Å²) in [5, 5.41) is 11.1. The molecular formula is C21H27N3O4. The molecular weight excluding hydrogens is 358 g/mol. The average Bonchev–Trinajstić information content (AvgIpc) is 3.45. The van der Waals surface area contributed by atoms with E-state index in [4.69, 9.17) is 13.9 Å². The smallest absolute Gasteiger partial charge is 0.231 e. The molecule has 2 heterocycles. The molecule has 0 unspecified atom stereocenters. The maximum atomic E-state index is 12.0. The number of benzene rings is 1. The standard InChI is InChI=1S/C21H27N3O4/c25-19(22-11-3-6-15-4-1-2-5-15)9-10-20-23-24-21(28-20)13-16-7-8-17-18(12-16)27-14-26-17/h7-8,12,15H,1-6,9-11,13-14H2,(H,22,25). The summed E-state index contributed by atoms with van der Waals surface area (Å²) < 4.78 is 16.4. The fourth-order valence-electron chi connectivity index (χ4n) is 3.91. The molecule has 1 N–H and O–H groups in total. The molecule has 0 radical (unpaired) electrons. The Morgan fingerprint density at radius 1 is 1.11 bits per heavy atom. The van der Waals surface area contributed by atoms with Gasteiger partial charge in [-0.25, -0.2) is 0 Å². The number of aryl methyl sites for hydroxylation is 1. The molecule has 150 valence electrons. The highest BCUT2D eigenvalue weighted by Gasteiger charge is 2.16. The number of aromatic nitrogens is 2. The van der Waals surface area contributed by atoms with Gasteiger partial charge in [-0.05, 0) is 36.5 Å². The third-order valence-electron chi connectivity index (χ3n) is 5.45. The van der Waals surface area contributed by atoms with Gasteiger partial charge in [-0.1, -0.05) is 31.7 Å². The fraction of sp³-hybridized carbons (Fsp3) is 0.571. The molecule has 1 aliphatic heterocycles. The zero-order chi connectivity index (χ0) is 19.2. The molecule has 4 rings (SSSR count). The van der Waals surface area contributed by atoms with Crippen LogP contribution in [-0.4, -0.2) is 29.4 Å². The van der Waals surface area contributed by atoms with E-state index in [1.54, 1.807) is 0 Å². The lowest BCUT2D eigenvalue weighted by Gasteiger charge is -2.09. The minimum absolute atomic E-state index is 0.0435. The second-order valence-electron chi connectivity index (χ2n) is 7.60. The largest absolute Gasteiger partial charge is 0.454 e. The van der Waals surface area contributed by atoms with Gasteiger partial charge in [-0.15, -0.1) is 10.2 Å². The van der Waals surface area contributed by atoms with Gasteiger partial charge in [0.05, 0.1) is 6.42 Å². The number of nitrogens with one attached hydrogen (secondary N) is 1. The van der Waals surface area contributed by atoms with Crippen molar-refractivity contribution < 1.29 is 18.7 Å². The Kier molecular flexibility index (Phi) is 6.09. The van der Waals surface area contributed by atoms with Crippen molar-refractivity contribution in [3.05, 3.63) is 35.5 Å². The van der Waals surface area contributed by atoms with Crippen LogP contribution in [0, 0.1) is 5.92 Å². The highest BCUT2D eigenvalue weighted by atomic mass is 16.7. The van der Waals surface area contributed by atoms with E-state index in [9.17, 15) is 4.79 Å². The zero-order valence-electron chi connectivity index (χ0n) is 16.1. The SMILES string of the molecule is O=C(CCc1nnc(Cc2ccc3c(c2)OCO3)o1)NCCCC1CCCC1. The Hall–Kier alpha value is -2.57. The normalized spacial score (nSPS) is 15.9. The van der Waals surface area contributed by atoms with Gasteiger partial charge >= 0.3 is 0 Å². The number of nitrogens with zero attached hydrogens (tertiary/aromatic N) is 2. The number of hydrogen-bond donors (Lipinski definition) is 1. The Labute approximate surface area is 164 Å². The predicted octanol–water partition coefficient (Wildman–Crippen LogP) is 3.41. The Bertz CT molecular complexity index is 799. The van der Waals surface area contributed by atoms with E-state index in [0.29, 0.717) is 31.0 Å². The van der Waals surface area contributed by atoms with E-state index >= 15 is 0 Å². The Morgan fingerprint density at radius 2 is 1.93 bits per heavy atom. The van der Waals surface area contributed by atoms with Crippen LogP contribution in [0.1, 0.15) is 62.3 Å². The molecule has 7 heteroatoms. The minimum Gasteiger partial charge on any atom is -0.454 e. The molecule has 2 aliphatic rings. The number of amides is 1. The second kappa shape index (κ2) is 9.08. The van der Waals surface area contributed by atoms with Crippen molar-refractivity contribution in [1.82, 2.24) is 15.5 Å². The summed E-state index contributed by atoms with van der Waals surface area (Å²) in [4.78, 5) is 12.0. The van der Waals surface area contributed by atoms with E-state index in [-0.39, 0.29) is 12.7 Å². The molecule has 2 aromatic rings. The van der Waals surface area contributed by atoms with Crippen molar-refractivity contribution in [2.45, 2.75) is 57.8 Å². The lowest BCUT2D eigenvalue weighted by molar-refractivity contribution is -0.121. The lowest BCUT2D eigenvalue weighted by atomic mass is 10.0. The van der Waals surface area contributed by atoms with Crippen LogP contribution in [0.5, 0.6) is 11.5 Å². The van der Waals surface area contributed by atoms with Crippen molar-refractivity contribution in [3.8, 4) is 11.5 Å². The van der Waals surface area contributed by atoms with Crippen molar-refractivity contribution in [1.29, 1.82) is 0 Å². The first-order valence-corrected chi connectivity index (χ1v) is 10.2. The maximum absolute atomic E-state index is 12.0. The summed E-state index contributed by atoms with van der Waals surface area (Å²) in [5.41, 5.74) is 1.01. The predicted molar refractivity (Wildman–Crippen MR) is 102 cm³/mol. The molecule has 0 atom stereocenters. The van der Waals surface area contributed by atoms with Crippen molar-refractivity contribution in [2.75, 3.05) is 13.3 Å². The van der Waals surface area contributed by atoms with E-state index in [1.807, 2.05) is 18.2 Å². The monoisotopic (exact) mass is 385 g/mol. The summed E-state index contributed by atoms with van der Waals surface area (Å²) in [5.74, 6) is 3.44. The van der Waals surface area contributed by atoms with Gasteiger partial charge in [0.1, 0.15) is 0 Å². The number of carbonyl (C=O) groups is 1. The number of carbonyl (C=O) groups excluding carboxylic acids is 1. The van der Waals surface area contributed by atoms with Gasteiger partial charge < -0.3 is 19.2 Å². The van der Waals surface area contributed by atoms with Gasteiger partial charge in [0.25, 0.3) is 0 Å². The summed E-state index contributed by atoms with van der Waals surface area (Å²) in [6.45, 7) is 1.01. The van der Waals surface area contributed by atoms with E-state index in [2.05, 4.69) is 15.5 Å². The molecule has 1 fully saturated rings. The van der Waals surface area contributed by atoms with E-state index < -0.39 is 0 Å². The third kappa shape index (κ3) is 5.03.